The molecule has 2 aromatic rings. The highest BCUT2D eigenvalue weighted by molar-refractivity contribution is 6.30. The molecule has 1 saturated heterocycles. The van der Waals surface area contributed by atoms with Crippen LogP contribution in [0.3, 0.4) is 0 Å². The van der Waals surface area contributed by atoms with Crippen LogP contribution in [0, 0.1) is 5.82 Å². The molecule has 0 radical (unpaired) electrons. The Balaban J connectivity index is 1.63. The van der Waals surface area contributed by atoms with E-state index < -0.39 is 23.3 Å². The fourth-order valence-corrected chi connectivity index (χ4v) is 3.75. The van der Waals surface area contributed by atoms with E-state index in [1.165, 1.54) is 18.2 Å². The number of nitrogens with zero attached hydrogens (tertiary/aromatic N) is 2. The Kier molecular flexibility index (Phi) is 3.99. The second-order valence-electron chi connectivity index (χ2n) is 6.81. The molecule has 0 bridgehead atoms. The smallest absolute Gasteiger partial charge is 0.325 e. The van der Waals surface area contributed by atoms with E-state index in [1.54, 1.807) is 6.92 Å². The molecule has 1 aliphatic heterocycles. The van der Waals surface area contributed by atoms with Gasteiger partial charge in [0, 0.05) is 12.0 Å². The van der Waals surface area contributed by atoms with Crippen LogP contribution in [-0.2, 0) is 29.7 Å². The minimum atomic E-state index is -1.31. The van der Waals surface area contributed by atoms with E-state index in [0.29, 0.717) is 11.3 Å². The third-order valence-corrected chi connectivity index (χ3v) is 5.40. The van der Waals surface area contributed by atoms with Crippen molar-refractivity contribution in [2.75, 3.05) is 0 Å². The molecule has 1 N–H and O–H groups in total. The van der Waals surface area contributed by atoms with Crippen LogP contribution >= 0.6 is 11.6 Å². The first-order chi connectivity index (χ1) is 12.4. The third-order valence-electron chi connectivity index (χ3n) is 5.11. The summed E-state index contributed by atoms with van der Waals surface area (Å²) in [5.74, 6) is -0.175. The van der Waals surface area contributed by atoms with Gasteiger partial charge in [-0.15, -0.1) is 0 Å². The Labute approximate surface area is 154 Å². The molecule has 1 aromatic heterocycles. The second-order valence-corrected chi connectivity index (χ2v) is 7.22. The normalized spacial score (nSPS) is 22.5. The second kappa shape index (κ2) is 6.09. The lowest BCUT2D eigenvalue weighted by molar-refractivity contribution is -0.131. The number of amides is 3. The summed E-state index contributed by atoms with van der Waals surface area (Å²) in [6, 6.07) is 3.46. The summed E-state index contributed by atoms with van der Waals surface area (Å²) >= 11 is 5.83. The first-order valence-corrected chi connectivity index (χ1v) is 8.84. The molecule has 1 fully saturated rings. The fraction of sp³-hybridized carbons (Fsp3) is 0.389. The molecule has 26 heavy (non-hydrogen) atoms. The SMILES string of the molecule is CC1(c2ccc(F)c(Cl)c2)NC(=O)N(Cc2noc3c2CCCC3)C1=O. The molecule has 1 unspecified atom stereocenters. The number of carbonyl (C=O) groups excluding carboxylic acids is 2. The summed E-state index contributed by atoms with van der Waals surface area (Å²) in [6.07, 6.45) is 3.75. The Hall–Kier alpha value is -2.41. The number of nitrogens with one attached hydrogen (secondary N) is 1. The summed E-state index contributed by atoms with van der Waals surface area (Å²) in [7, 11) is 0. The van der Waals surface area contributed by atoms with Crippen LogP contribution in [0.4, 0.5) is 9.18 Å². The molecule has 0 saturated carbocycles. The number of benzene rings is 1. The third kappa shape index (κ3) is 2.58. The number of rotatable bonds is 3. The van der Waals surface area contributed by atoms with Gasteiger partial charge < -0.3 is 9.84 Å². The lowest BCUT2D eigenvalue weighted by atomic mass is 9.92. The van der Waals surface area contributed by atoms with E-state index >= 15 is 0 Å². The van der Waals surface area contributed by atoms with Crippen LogP contribution in [0.15, 0.2) is 22.7 Å². The van der Waals surface area contributed by atoms with Crippen LogP contribution < -0.4 is 5.32 Å². The van der Waals surface area contributed by atoms with Crippen molar-refractivity contribution in [3.63, 3.8) is 0 Å². The number of hydrogen-bond donors (Lipinski definition) is 1. The van der Waals surface area contributed by atoms with Gasteiger partial charge in [-0.3, -0.25) is 9.69 Å². The van der Waals surface area contributed by atoms with Crippen molar-refractivity contribution in [2.24, 2.45) is 0 Å². The van der Waals surface area contributed by atoms with E-state index in [9.17, 15) is 14.0 Å². The standard InChI is InChI=1S/C18H17ClFN3O3/c1-18(10-6-7-13(20)12(19)8-10)16(24)23(17(25)21-18)9-14-11-4-2-3-5-15(11)26-22-14/h6-8H,2-5,9H2,1H3,(H,21,25). The minimum absolute atomic E-state index is 0.0496. The van der Waals surface area contributed by atoms with E-state index in [1.807, 2.05) is 0 Å². The van der Waals surface area contributed by atoms with E-state index in [4.69, 9.17) is 16.1 Å². The maximum Gasteiger partial charge on any atom is 0.325 e. The fourth-order valence-electron chi connectivity index (χ4n) is 3.57. The van der Waals surface area contributed by atoms with Crippen LogP contribution in [0.5, 0.6) is 0 Å². The average Bonchev–Trinajstić information content (AvgIpc) is 3.12. The van der Waals surface area contributed by atoms with Gasteiger partial charge in [-0.05, 0) is 43.9 Å². The molecule has 6 nitrogen and oxygen atoms in total. The van der Waals surface area contributed by atoms with E-state index in [0.717, 1.165) is 41.9 Å². The number of urea groups is 1. The molecule has 2 heterocycles. The van der Waals surface area contributed by atoms with Crippen LogP contribution in [-0.4, -0.2) is 22.0 Å². The van der Waals surface area contributed by atoms with Gasteiger partial charge in [-0.25, -0.2) is 9.18 Å². The molecular weight excluding hydrogens is 361 g/mol. The van der Waals surface area contributed by atoms with Crippen molar-refractivity contribution in [3.05, 3.63) is 51.6 Å². The van der Waals surface area contributed by atoms with Gasteiger partial charge >= 0.3 is 6.03 Å². The van der Waals surface area contributed by atoms with Crippen LogP contribution in [0.25, 0.3) is 0 Å². The minimum Gasteiger partial charge on any atom is -0.361 e. The largest absolute Gasteiger partial charge is 0.361 e. The number of carbonyl (C=O) groups is 2. The summed E-state index contributed by atoms with van der Waals surface area (Å²) in [5, 5.41) is 6.64. The first-order valence-electron chi connectivity index (χ1n) is 8.46. The van der Waals surface area contributed by atoms with Crippen LogP contribution in [0.1, 0.15) is 42.3 Å². The van der Waals surface area contributed by atoms with Gasteiger partial charge in [0.05, 0.1) is 11.6 Å². The van der Waals surface area contributed by atoms with Gasteiger partial charge in [0.15, 0.2) is 0 Å². The number of hydrogen-bond acceptors (Lipinski definition) is 4. The van der Waals surface area contributed by atoms with E-state index in [-0.39, 0.29) is 11.6 Å². The number of aromatic nitrogens is 1. The zero-order chi connectivity index (χ0) is 18.5. The zero-order valence-electron chi connectivity index (χ0n) is 14.1. The van der Waals surface area contributed by atoms with Gasteiger partial charge in [0.25, 0.3) is 5.91 Å². The van der Waals surface area contributed by atoms with Crippen molar-refractivity contribution >= 4 is 23.5 Å². The monoisotopic (exact) mass is 377 g/mol. The highest BCUT2D eigenvalue weighted by Crippen LogP contribution is 2.33. The van der Waals surface area contributed by atoms with Crippen molar-refractivity contribution < 1.29 is 18.5 Å². The topological polar surface area (TPSA) is 75.4 Å². The Morgan fingerprint density at radius 1 is 1.35 bits per heavy atom. The summed E-state index contributed by atoms with van der Waals surface area (Å²) < 4.78 is 18.8. The van der Waals surface area contributed by atoms with Crippen molar-refractivity contribution in [2.45, 2.75) is 44.7 Å². The number of fused-ring (bicyclic) bond motifs is 1. The predicted molar refractivity (Wildman–Crippen MR) is 91.0 cm³/mol. The molecule has 1 atom stereocenters. The molecule has 8 heteroatoms. The van der Waals surface area contributed by atoms with Gasteiger partial charge in [-0.2, -0.15) is 0 Å². The number of imide groups is 1. The lowest BCUT2D eigenvalue weighted by Crippen LogP contribution is -2.40. The average molecular weight is 378 g/mol. The molecule has 2 aliphatic rings. The van der Waals surface area contributed by atoms with Crippen molar-refractivity contribution in [1.82, 2.24) is 15.4 Å². The highest BCUT2D eigenvalue weighted by atomic mass is 35.5. The van der Waals surface area contributed by atoms with Crippen LogP contribution in [0.2, 0.25) is 5.02 Å². The summed E-state index contributed by atoms with van der Waals surface area (Å²) in [5.41, 5.74) is 0.727. The van der Waals surface area contributed by atoms with Gasteiger partial charge in [0.2, 0.25) is 0 Å². The van der Waals surface area contributed by atoms with Gasteiger partial charge in [-0.1, -0.05) is 22.8 Å². The highest BCUT2D eigenvalue weighted by Gasteiger charge is 2.49. The van der Waals surface area contributed by atoms with E-state index in [2.05, 4.69) is 10.5 Å². The Bertz CT molecular complexity index is 913. The Morgan fingerprint density at radius 3 is 2.88 bits per heavy atom. The van der Waals surface area contributed by atoms with Gasteiger partial charge in [0.1, 0.15) is 22.8 Å². The maximum atomic E-state index is 13.4. The zero-order valence-corrected chi connectivity index (χ0v) is 14.9. The number of aryl methyl sites for hydroxylation is 1. The molecule has 0 spiro atoms. The first kappa shape index (κ1) is 17.0. The Morgan fingerprint density at radius 2 is 2.12 bits per heavy atom. The molecule has 1 aliphatic carbocycles. The van der Waals surface area contributed by atoms with Crippen molar-refractivity contribution in [3.8, 4) is 0 Å². The summed E-state index contributed by atoms with van der Waals surface area (Å²) in [6.45, 7) is 1.63. The molecule has 136 valence electrons. The molecule has 1 aromatic carbocycles. The lowest BCUT2D eigenvalue weighted by Gasteiger charge is -2.22. The quantitative estimate of drug-likeness (QED) is 0.832. The number of halogens is 2. The maximum absolute atomic E-state index is 13.4. The van der Waals surface area contributed by atoms with Crippen molar-refractivity contribution in [1.29, 1.82) is 0 Å². The predicted octanol–water partition coefficient (Wildman–Crippen LogP) is 3.31. The summed E-state index contributed by atoms with van der Waals surface area (Å²) in [4.78, 5) is 26.5. The molecule has 3 amide bonds. The molecular formula is C18H17ClFN3O3. The molecule has 4 rings (SSSR count).